The monoisotopic (exact) mass is 410 g/mol. The number of unbranched alkanes of at least 4 members (excludes halogenated alkanes) is 8. The zero-order valence-corrected chi connectivity index (χ0v) is 17.9. The number of hydrogen-bond donors (Lipinski definition) is 2. The van der Waals surface area contributed by atoms with Gasteiger partial charge in [0.05, 0.1) is 6.61 Å². The molecule has 2 fully saturated rings. The van der Waals surface area contributed by atoms with Crippen LogP contribution in [-0.2, 0) is 9.59 Å². The van der Waals surface area contributed by atoms with Gasteiger partial charge in [0.2, 0.25) is 5.91 Å². The minimum Gasteiger partial charge on any atom is -0.395 e. The van der Waals surface area contributed by atoms with Gasteiger partial charge >= 0.3 is 6.03 Å². The molecule has 4 amide bonds. The molecule has 0 aromatic rings. The lowest BCUT2D eigenvalue weighted by molar-refractivity contribution is -0.156. The summed E-state index contributed by atoms with van der Waals surface area (Å²) in [7, 11) is 0. The molecule has 2 heterocycles. The molecule has 2 N–H and O–H groups in total. The van der Waals surface area contributed by atoms with E-state index in [4.69, 9.17) is 5.11 Å². The fourth-order valence-electron chi connectivity index (χ4n) is 4.09. The maximum atomic E-state index is 12.9. The van der Waals surface area contributed by atoms with E-state index < -0.39 is 23.8 Å². The Kier molecular flexibility index (Phi) is 10.6. The van der Waals surface area contributed by atoms with Crippen LogP contribution in [0, 0.1) is 5.92 Å². The van der Waals surface area contributed by atoms with Crippen LogP contribution in [0.15, 0.2) is 0 Å². The van der Waals surface area contributed by atoms with Gasteiger partial charge in [0.25, 0.3) is 5.91 Å². The molecule has 0 spiro atoms. The Hall–Kier alpha value is -1.51. The van der Waals surface area contributed by atoms with Gasteiger partial charge in [0.1, 0.15) is 5.92 Å². The number of barbiturate groups is 1. The molecule has 2 aliphatic heterocycles. The van der Waals surface area contributed by atoms with Crippen molar-refractivity contribution in [2.24, 2.45) is 5.92 Å². The molecule has 0 aromatic carbocycles. The van der Waals surface area contributed by atoms with Gasteiger partial charge in [-0.1, -0.05) is 64.7 Å². The number of β-amino-alcohol motifs (C(OH)–C–C–N with tert-alkyl or cyclic N) is 1. The molecular weight excluding hydrogens is 372 g/mol. The van der Waals surface area contributed by atoms with Gasteiger partial charge in [-0.3, -0.25) is 19.8 Å². The highest BCUT2D eigenvalue weighted by Gasteiger charge is 2.43. The second-order valence-electron chi connectivity index (χ2n) is 8.13. The van der Waals surface area contributed by atoms with Crippen LogP contribution in [-0.4, -0.2) is 77.2 Å². The number of rotatable bonds is 13. The lowest BCUT2D eigenvalue weighted by Crippen LogP contribution is -2.66. The molecule has 8 nitrogen and oxygen atoms in total. The normalized spacial score (nSPS) is 21.7. The van der Waals surface area contributed by atoms with Gasteiger partial charge in [0.15, 0.2) is 0 Å². The molecule has 0 saturated carbocycles. The summed E-state index contributed by atoms with van der Waals surface area (Å²) in [6.07, 6.45) is 11.1. The van der Waals surface area contributed by atoms with E-state index in [0.717, 1.165) is 24.3 Å². The number of hydrogen-bond acceptors (Lipinski definition) is 6. The molecule has 8 heteroatoms. The van der Waals surface area contributed by atoms with Crippen LogP contribution >= 0.6 is 0 Å². The molecule has 1 unspecified atom stereocenters. The van der Waals surface area contributed by atoms with Gasteiger partial charge < -0.3 is 5.11 Å². The Morgan fingerprint density at radius 3 is 2.07 bits per heavy atom. The molecular formula is C21H38N4O4. The van der Waals surface area contributed by atoms with Crippen LogP contribution in [0.2, 0.25) is 0 Å². The molecule has 29 heavy (non-hydrogen) atoms. The predicted molar refractivity (Wildman–Crippen MR) is 111 cm³/mol. The van der Waals surface area contributed by atoms with Gasteiger partial charge in [-0.05, 0) is 6.42 Å². The average Bonchev–Trinajstić information content (AvgIpc) is 2.70. The molecule has 1 atom stereocenters. The molecule has 0 aliphatic carbocycles. The highest BCUT2D eigenvalue weighted by atomic mass is 16.3. The quantitative estimate of drug-likeness (QED) is 0.357. The minimum atomic E-state index is -0.771. The van der Waals surface area contributed by atoms with Crippen molar-refractivity contribution in [2.45, 2.75) is 71.1 Å². The zero-order valence-electron chi connectivity index (χ0n) is 17.9. The van der Waals surface area contributed by atoms with Gasteiger partial charge in [-0.25, -0.2) is 9.80 Å². The van der Waals surface area contributed by atoms with Crippen LogP contribution in [0.3, 0.4) is 0 Å². The van der Waals surface area contributed by atoms with Crippen molar-refractivity contribution in [3.8, 4) is 0 Å². The van der Waals surface area contributed by atoms with Crippen LogP contribution in [0.4, 0.5) is 4.79 Å². The summed E-state index contributed by atoms with van der Waals surface area (Å²) in [6, 6.07) is -0.640. The van der Waals surface area contributed by atoms with Crippen molar-refractivity contribution in [3.05, 3.63) is 0 Å². The third kappa shape index (κ3) is 7.35. The zero-order chi connectivity index (χ0) is 21.1. The number of carbonyl (C=O) groups excluding carboxylic acids is 3. The maximum Gasteiger partial charge on any atom is 0.345 e. The molecule has 2 saturated heterocycles. The Morgan fingerprint density at radius 1 is 0.897 bits per heavy atom. The Balaban J connectivity index is 1.74. The molecule has 2 aliphatic rings. The summed E-state index contributed by atoms with van der Waals surface area (Å²) in [5, 5.41) is 14.3. The number of urea groups is 1. The summed E-state index contributed by atoms with van der Waals surface area (Å²) < 4.78 is 0. The predicted octanol–water partition coefficient (Wildman–Crippen LogP) is 2.13. The summed E-state index contributed by atoms with van der Waals surface area (Å²) in [4.78, 5) is 39.4. The van der Waals surface area contributed by atoms with E-state index in [-0.39, 0.29) is 6.61 Å². The van der Waals surface area contributed by atoms with E-state index in [2.05, 4.69) is 17.1 Å². The van der Waals surface area contributed by atoms with Crippen molar-refractivity contribution in [1.29, 1.82) is 0 Å². The third-order valence-corrected chi connectivity index (χ3v) is 5.89. The standard InChI is InChI=1S/C21H38N4O4/c1-2-3-4-5-6-7-8-9-10-11-18-19(27)22-21(29)25(20(18)28)24-14-12-23(13-15-24)16-17-26/h18,26H,2-17H2,1H3,(H,22,27,29). The molecule has 0 aromatic heterocycles. The first-order chi connectivity index (χ1) is 14.1. The average molecular weight is 411 g/mol. The second-order valence-corrected chi connectivity index (χ2v) is 8.13. The van der Waals surface area contributed by atoms with Gasteiger partial charge in [0, 0.05) is 32.7 Å². The topological polar surface area (TPSA) is 93.2 Å². The highest BCUT2D eigenvalue weighted by Crippen LogP contribution is 2.21. The van der Waals surface area contributed by atoms with Crippen molar-refractivity contribution in [1.82, 2.24) is 20.2 Å². The minimum absolute atomic E-state index is 0.0957. The van der Waals surface area contributed by atoms with E-state index in [1.807, 2.05) is 0 Å². The molecule has 0 bridgehead atoms. The first kappa shape index (κ1) is 23.8. The summed E-state index contributed by atoms with van der Waals surface area (Å²) in [5.41, 5.74) is 0. The van der Waals surface area contributed by atoms with Crippen LogP contribution < -0.4 is 5.32 Å². The highest BCUT2D eigenvalue weighted by molar-refractivity contribution is 6.15. The van der Waals surface area contributed by atoms with Gasteiger partial charge in [-0.2, -0.15) is 5.01 Å². The summed E-state index contributed by atoms with van der Waals surface area (Å²) in [5.74, 6) is -1.63. The number of carbonyl (C=O) groups is 3. The van der Waals surface area contributed by atoms with Crippen molar-refractivity contribution < 1.29 is 19.5 Å². The van der Waals surface area contributed by atoms with Crippen molar-refractivity contribution in [3.63, 3.8) is 0 Å². The number of hydrazine groups is 1. The molecule has 166 valence electrons. The maximum absolute atomic E-state index is 12.9. The van der Waals surface area contributed by atoms with Crippen LogP contribution in [0.25, 0.3) is 0 Å². The second kappa shape index (κ2) is 12.9. The van der Waals surface area contributed by atoms with Crippen LogP contribution in [0.5, 0.6) is 0 Å². The third-order valence-electron chi connectivity index (χ3n) is 5.89. The lowest BCUT2D eigenvalue weighted by atomic mass is 9.97. The summed E-state index contributed by atoms with van der Waals surface area (Å²) in [6.45, 7) is 5.31. The molecule has 2 rings (SSSR count). The fourth-order valence-corrected chi connectivity index (χ4v) is 4.09. The number of amides is 4. The number of nitrogens with zero attached hydrogens (tertiary/aromatic N) is 3. The lowest BCUT2D eigenvalue weighted by Gasteiger charge is -2.42. The van der Waals surface area contributed by atoms with Crippen molar-refractivity contribution >= 4 is 17.8 Å². The first-order valence-corrected chi connectivity index (χ1v) is 11.3. The smallest absolute Gasteiger partial charge is 0.345 e. The largest absolute Gasteiger partial charge is 0.395 e. The van der Waals surface area contributed by atoms with Crippen LogP contribution in [0.1, 0.15) is 71.1 Å². The SMILES string of the molecule is CCCCCCCCCCCC1C(=O)NC(=O)N(N2CCN(CCO)CC2)C1=O. The van der Waals surface area contributed by atoms with Crippen molar-refractivity contribution in [2.75, 3.05) is 39.3 Å². The number of nitrogens with one attached hydrogen (secondary N) is 1. The number of imide groups is 2. The number of piperazine rings is 1. The van der Waals surface area contributed by atoms with E-state index >= 15 is 0 Å². The summed E-state index contributed by atoms with van der Waals surface area (Å²) >= 11 is 0. The van der Waals surface area contributed by atoms with E-state index in [1.165, 1.54) is 38.5 Å². The number of aliphatic hydroxyl groups is 1. The Labute approximate surface area is 174 Å². The number of aliphatic hydroxyl groups excluding tert-OH is 1. The molecule has 0 radical (unpaired) electrons. The Bertz CT molecular complexity index is 535. The fraction of sp³-hybridized carbons (Fsp3) is 0.857. The van der Waals surface area contributed by atoms with Gasteiger partial charge in [-0.15, -0.1) is 0 Å². The van der Waals surface area contributed by atoms with E-state index in [9.17, 15) is 14.4 Å². The van der Waals surface area contributed by atoms with E-state index in [0.29, 0.717) is 39.1 Å². The Morgan fingerprint density at radius 2 is 1.48 bits per heavy atom. The first-order valence-electron chi connectivity index (χ1n) is 11.3. The van der Waals surface area contributed by atoms with E-state index in [1.54, 1.807) is 5.01 Å².